The normalized spacial score (nSPS) is 10.2. The van der Waals surface area contributed by atoms with Crippen LogP contribution in [-0.4, -0.2) is 19.0 Å². The molecule has 1 N–H and O–H groups in total. The molecule has 0 unspecified atom stereocenters. The van der Waals surface area contributed by atoms with Gasteiger partial charge >= 0.3 is 0 Å². The summed E-state index contributed by atoms with van der Waals surface area (Å²) in [5.74, 6) is -0.189. The molecule has 0 aromatic rings. The molecule has 0 aliphatic rings. The Morgan fingerprint density at radius 2 is 2.38 bits per heavy atom. The van der Waals surface area contributed by atoms with Crippen molar-refractivity contribution in [3.05, 3.63) is 34.7 Å². The Labute approximate surface area is 76.8 Å². The van der Waals surface area contributed by atoms with Gasteiger partial charge in [-0.15, -0.1) is 0 Å². The minimum atomic E-state index is -0.189. The maximum absolute atomic E-state index is 10.9. The van der Waals surface area contributed by atoms with E-state index in [1.807, 2.05) is 13.0 Å². The van der Waals surface area contributed by atoms with Gasteiger partial charge in [-0.25, -0.2) is 0 Å². The number of azide groups is 1. The van der Waals surface area contributed by atoms with Crippen LogP contribution >= 0.6 is 0 Å². The van der Waals surface area contributed by atoms with Gasteiger partial charge in [-0.05, 0) is 12.5 Å². The molecule has 0 rings (SSSR count). The third-order valence-corrected chi connectivity index (χ3v) is 1.13. The van der Waals surface area contributed by atoms with Crippen LogP contribution in [0.15, 0.2) is 29.4 Å². The molecule has 70 valence electrons. The van der Waals surface area contributed by atoms with Gasteiger partial charge in [0.2, 0.25) is 5.91 Å². The van der Waals surface area contributed by atoms with Gasteiger partial charge < -0.3 is 5.32 Å². The van der Waals surface area contributed by atoms with Gasteiger partial charge in [0.1, 0.15) is 0 Å². The highest BCUT2D eigenvalue weighted by Gasteiger charge is 1.90. The SMILES string of the molecule is C/C=C/C=C/C(=O)NCCN=[N+]=[N-]. The molecule has 0 heterocycles. The lowest BCUT2D eigenvalue weighted by Crippen LogP contribution is -2.23. The van der Waals surface area contributed by atoms with E-state index in [2.05, 4.69) is 15.3 Å². The topological polar surface area (TPSA) is 77.9 Å². The summed E-state index contributed by atoms with van der Waals surface area (Å²) >= 11 is 0. The summed E-state index contributed by atoms with van der Waals surface area (Å²) in [4.78, 5) is 13.5. The van der Waals surface area contributed by atoms with Crippen LogP contribution in [-0.2, 0) is 4.79 Å². The Kier molecular flexibility index (Phi) is 7.24. The van der Waals surface area contributed by atoms with Gasteiger partial charge in [0, 0.05) is 24.1 Å². The van der Waals surface area contributed by atoms with Crippen LogP contribution in [0.4, 0.5) is 0 Å². The van der Waals surface area contributed by atoms with E-state index in [-0.39, 0.29) is 12.5 Å². The van der Waals surface area contributed by atoms with Crippen LogP contribution in [0.2, 0.25) is 0 Å². The standard InChI is InChI=1S/C8H12N4O/c1-2-3-4-5-8(13)10-6-7-11-12-9/h2-5H,6-7H2,1H3,(H,10,13)/b3-2+,5-4+. The molecule has 5 nitrogen and oxygen atoms in total. The lowest BCUT2D eigenvalue weighted by Gasteiger charge is -1.95. The Bertz CT molecular complexity index is 251. The minimum Gasteiger partial charge on any atom is -0.352 e. The maximum atomic E-state index is 10.9. The molecule has 1 amide bonds. The highest BCUT2D eigenvalue weighted by atomic mass is 16.1. The number of hydrogen-bond acceptors (Lipinski definition) is 2. The largest absolute Gasteiger partial charge is 0.352 e. The van der Waals surface area contributed by atoms with Crippen molar-refractivity contribution in [2.75, 3.05) is 13.1 Å². The number of carbonyl (C=O) groups excluding carboxylic acids is 1. The fraction of sp³-hybridized carbons (Fsp3) is 0.375. The van der Waals surface area contributed by atoms with Gasteiger partial charge in [0.25, 0.3) is 0 Å². The number of rotatable bonds is 5. The maximum Gasteiger partial charge on any atom is 0.243 e. The smallest absolute Gasteiger partial charge is 0.243 e. The van der Waals surface area contributed by atoms with Crippen LogP contribution in [0, 0.1) is 0 Å². The molecule has 0 aliphatic heterocycles. The molecule has 0 aromatic carbocycles. The van der Waals surface area contributed by atoms with E-state index < -0.39 is 0 Å². The Balaban J connectivity index is 3.57. The summed E-state index contributed by atoms with van der Waals surface area (Å²) in [7, 11) is 0. The fourth-order valence-electron chi connectivity index (χ4n) is 0.587. The lowest BCUT2D eigenvalue weighted by molar-refractivity contribution is -0.116. The van der Waals surface area contributed by atoms with Crippen molar-refractivity contribution in [1.82, 2.24) is 5.32 Å². The molecule has 0 spiro atoms. The third-order valence-electron chi connectivity index (χ3n) is 1.13. The van der Waals surface area contributed by atoms with Gasteiger partial charge in [0.15, 0.2) is 0 Å². The molecule has 0 atom stereocenters. The second-order valence-corrected chi connectivity index (χ2v) is 2.13. The van der Waals surface area contributed by atoms with Crippen molar-refractivity contribution in [2.24, 2.45) is 5.11 Å². The van der Waals surface area contributed by atoms with Gasteiger partial charge in [-0.1, -0.05) is 23.3 Å². The van der Waals surface area contributed by atoms with E-state index in [9.17, 15) is 4.79 Å². The average Bonchev–Trinajstić information content (AvgIpc) is 2.13. The molecule has 0 aromatic heterocycles. The number of hydrogen-bond donors (Lipinski definition) is 1. The average molecular weight is 180 g/mol. The second-order valence-electron chi connectivity index (χ2n) is 2.13. The van der Waals surface area contributed by atoms with E-state index in [0.717, 1.165) is 0 Å². The molecule has 0 fully saturated rings. The van der Waals surface area contributed by atoms with Crippen molar-refractivity contribution < 1.29 is 4.79 Å². The van der Waals surface area contributed by atoms with Crippen LogP contribution in [0.5, 0.6) is 0 Å². The summed E-state index contributed by atoms with van der Waals surface area (Å²) in [6.45, 7) is 2.51. The molecule has 5 heteroatoms. The first-order chi connectivity index (χ1) is 6.31. The molecule has 0 bridgehead atoms. The third kappa shape index (κ3) is 8.16. The first kappa shape index (κ1) is 11.3. The van der Waals surface area contributed by atoms with E-state index in [1.165, 1.54) is 6.08 Å². The predicted octanol–water partition coefficient (Wildman–Crippen LogP) is 1.55. The van der Waals surface area contributed by atoms with Gasteiger partial charge in [-0.2, -0.15) is 0 Å². The number of nitrogens with one attached hydrogen (secondary N) is 1. The molecular weight excluding hydrogens is 168 g/mol. The molecule has 13 heavy (non-hydrogen) atoms. The zero-order valence-electron chi connectivity index (χ0n) is 7.47. The van der Waals surface area contributed by atoms with E-state index in [1.54, 1.807) is 12.2 Å². The highest BCUT2D eigenvalue weighted by molar-refractivity contribution is 5.87. The molecular formula is C8H12N4O. The van der Waals surface area contributed by atoms with Crippen molar-refractivity contribution >= 4 is 5.91 Å². The Hall–Kier alpha value is -1.74. The minimum absolute atomic E-state index is 0.189. The summed E-state index contributed by atoms with van der Waals surface area (Å²) in [5.41, 5.74) is 7.93. The molecule has 0 radical (unpaired) electrons. The van der Waals surface area contributed by atoms with Crippen molar-refractivity contribution in [1.29, 1.82) is 0 Å². The number of carbonyl (C=O) groups is 1. The quantitative estimate of drug-likeness (QED) is 0.171. The van der Waals surface area contributed by atoms with Crippen LogP contribution in [0.25, 0.3) is 10.4 Å². The first-order valence-corrected chi connectivity index (χ1v) is 3.89. The molecule has 0 saturated heterocycles. The van der Waals surface area contributed by atoms with Crippen molar-refractivity contribution in [3.8, 4) is 0 Å². The first-order valence-electron chi connectivity index (χ1n) is 3.89. The zero-order chi connectivity index (χ0) is 9.94. The van der Waals surface area contributed by atoms with Crippen molar-refractivity contribution in [3.63, 3.8) is 0 Å². The fourth-order valence-corrected chi connectivity index (χ4v) is 0.587. The summed E-state index contributed by atoms with van der Waals surface area (Å²) in [6.07, 6.45) is 6.63. The predicted molar refractivity (Wildman–Crippen MR) is 51.0 cm³/mol. The summed E-state index contributed by atoms with van der Waals surface area (Å²) in [6, 6.07) is 0. The second kappa shape index (κ2) is 8.36. The number of allylic oxidation sites excluding steroid dienone is 3. The van der Waals surface area contributed by atoms with Gasteiger partial charge in [-0.3, -0.25) is 4.79 Å². The Morgan fingerprint density at radius 1 is 1.62 bits per heavy atom. The zero-order valence-corrected chi connectivity index (χ0v) is 7.47. The van der Waals surface area contributed by atoms with Crippen LogP contribution in [0.3, 0.4) is 0 Å². The molecule has 0 saturated carbocycles. The molecule has 0 aliphatic carbocycles. The van der Waals surface area contributed by atoms with E-state index in [4.69, 9.17) is 5.53 Å². The van der Waals surface area contributed by atoms with Crippen molar-refractivity contribution in [2.45, 2.75) is 6.92 Å². The number of nitrogens with zero attached hydrogens (tertiary/aromatic N) is 3. The van der Waals surface area contributed by atoms with E-state index >= 15 is 0 Å². The lowest BCUT2D eigenvalue weighted by atomic mass is 10.4. The summed E-state index contributed by atoms with van der Waals surface area (Å²) in [5, 5.41) is 5.82. The highest BCUT2D eigenvalue weighted by Crippen LogP contribution is 1.77. The van der Waals surface area contributed by atoms with Gasteiger partial charge in [0.05, 0.1) is 0 Å². The van der Waals surface area contributed by atoms with Crippen LogP contribution < -0.4 is 5.32 Å². The Morgan fingerprint density at radius 3 is 3.00 bits per heavy atom. The van der Waals surface area contributed by atoms with E-state index in [0.29, 0.717) is 6.54 Å². The summed E-state index contributed by atoms with van der Waals surface area (Å²) < 4.78 is 0. The monoisotopic (exact) mass is 180 g/mol. The van der Waals surface area contributed by atoms with Crippen LogP contribution in [0.1, 0.15) is 6.92 Å². The number of amides is 1.